The van der Waals surface area contributed by atoms with E-state index >= 15 is 0 Å². The highest BCUT2D eigenvalue weighted by Gasteiger charge is 2.32. The Bertz CT molecular complexity index is 1090. The molecule has 1 heterocycles. The molecule has 9 nitrogen and oxygen atoms in total. The van der Waals surface area contributed by atoms with E-state index in [4.69, 9.17) is 34.2 Å². The van der Waals surface area contributed by atoms with Crippen molar-refractivity contribution in [1.82, 2.24) is 0 Å². The van der Waals surface area contributed by atoms with E-state index in [0.29, 0.717) is 49.2 Å². The molecule has 35 heavy (non-hydrogen) atoms. The Kier molecular flexibility index (Phi) is 9.09. The standard InChI is InChI=1S/C25H35NO8S/c1-6-8-33-25-22(32-9-7-26)10-16(14-23(25)35(5,27)28)18-13-19(34-15-18)17-11-20(29-2)24(31-4)21(12-17)30-3/h10-12,14,18-19H,6-9,13,15,26H2,1-5H3. The van der Waals surface area contributed by atoms with E-state index in [2.05, 4.69) is 0 Å². The molecule has 0 spiro atoms. The molecule has 2 aromatic carbocycles. The van der Waals surface area contributed by atoms with E-state index in [1.807, 2.05) is 25.1 Å². The van der Waals surface area contributed by atoms with Gasteiger partial charge in [0.2, 0.25) is 5.75 Å². The maximum absolute atomic E-state index is 12.7. The quantitative estimate of drug-likeness (QED) is 0.459. The summed E-state index contributed by atoms with van der Waals surface area (Å²) in [4.78, 5) is 0.103. The van der Waals surface area contributed by atoms with Gasteiger partial charge in [-0.15, -0.1) is 0 Å². The van der Waals surface area contributed by atoms with Crippen molar-refractivity contribution < 1.29 is 36.8 Å². The average Bonchev–Trinajstić information content (AvgIpc) is 3.34. The molecule has 2 aromatic rings. The second kappa shape index (κ2) is 11.8. The van der Waals surface area contributed by atoms with Crippen LogP contribution in [-0.2, 0) is 14.6 Å². The third kappa shape index (κ3) is 6.12. The zero-order chi connectivity index (χ0) is 25.6. The Morgan fingerprint density at radius 2 is 1.57 bits per heavy atom. The summed E-state index contributed by atoms with van der Waals surface area (Å²) in [5, 5.41) is 0. The Hall–Kier alpha value is -2.69. The first-order valence-electron chi connectivity index (χ1n) is 11.5. The van der Waals surface area contributed by atoms with E-state index in [1.54, 1.807) is 27.4 Å². The molecule has 0 aliphatic carbocycles. The Morgan fingerprint density at radius 3 is 2.11 bits per heavy atom. The number of rotatable bonds is 12. The highest BCUT2D eigenvalue weighted by atomic mass is 32.2. The lowest BCUT2D eigenvalue weighted by molar-refractivity contribution is 0.110. The number of hydrogen-bond acceptors (Lipinski definition) is 9. The first-order valence-corrected chi connectivity index (χ1v) is 13.4. The second-order valence-corrected chi connectivity index (χ2v) is 10.3. The van der Waals surface area contributed by atoms with Gasteiger partial charge in [-0.1, -0.05) is 6.92 Å². The van der Waals surface area contributed by atoms with Crippen molar-refractivity contribution >= 4 is 9.84 Å². The summed E-state index contributed by atoms with van der Waals surface area (Å²) in [7, 11) is 1.11. The molecule has 10 heteroatoms. The Balaban J connectivity index is 1.98. The van der Waals surface area contributed by atoms with Crippen LogP contribution in [0.1, 0.15) is 42.9 Å². The number of ether oxygens (including phenoxy) is 6. The third-order valence-electron chi connectivity index (χ3n) is 5.80. The lowest BCUT2D eigenvalue weighted by atomic mass is 9.93. The van der Waals surface area contributed by atoms with Crippen LogP contribution in [0.5, 0.6) is 28.7 Å². The summed E-state index contributed by atoms with van der Waals surface area (Å²) in [5.41, 5.74) is 7.31. The fraction of sp³-hybridized carbons (Fsp3) is 0.520. The molecule has 0 radical (unpaired) electrons. The lowest BCUT2D eigenvalue weighted by Crippen LogP contribution is -2.14. The van der Waals surface area contributed by atoms with Gasteiger partial charge in [-0.3, -0.25) is 0 Å². The molecule has 194 valence electrons. The van der Waals surface area contributed by atoms with Gasteiger partial charge >= 0.3 is 0 Å². The molecule has 0 aromatic heterocycles. The van der Waals surface area contributed by atoms with E-state index in [-0.39, 0.29) is 29.3 Å². The average molecular weight is 510 g/mol. The van der Waals surface area contributed by atoms with Gasteiger partial charge in [0.25, 0.3) is 0 Å². The van der Waals surface area contributed by atoms with Crippen LogP contribution in [0.25, 0.3) is 0 Å². The SMILES string of the molecule is CCCOc1c(OCCN)cc(C2COC(c3cc(OC)c(OC)c(OC)c3)C2)cc1S(C)(=O)=O. The summed E-state index contributed by atoms with van der Waals surface area (Å²) in [5.74, 6) is 2.14. The van der Waals surface area contributed by atoms with Crippen LogP contribution >= 0.6 is 0 Å². The number of nitrogens with two attached hydrogens (primary N) is 1. The van der Waals surface area contributed by atoms with Gasteiger partial charge in [0, 0.05) is 18.7 Å². The predicted molar refractivity (Wildman–Crippen MR) is 132 cm³/mol. The van der Waals surface area contributed by atoms with Gasteiger partial charge in [-0.2, -0.15) is 0 Å². The number of methoxy groups -OCH3 is 3. The molecule has 1 aliphatic rings. The minimum absolute atomic E-state index is 0.0555. The highest BCUT2D eigenvalue weighted by Crippen LogP contribution is 2.46. The lowest BCUT2D eigenvalue weighted by Gasteiger charge is -2.19. The molecule has 2 atom stereocenters. The molecule has 3 rings (SSSR count). The topological polar surface area (TPSA) is 116 Å². The Labute approximate surface area is 207 Å². The number of sulfone groups is 1. The van der Waals surface area contributed by atoms with Crippen molar-refractivity contribution in [3.05, 3.63) is 35.4 Å². The van der Waals surface area contributed by atoms with E-state index < -0.39 is 9.84 Å². The molecule has 0 bridgehead atoms. The third-order valence-corrected chi connectivity index (χ3v) is 6.90. The van der Waals surface area contributed by atoms with Crippen LogP contribution in [0.15, 0.2) is 29.2 Å². The monoisotopic (exact) mass is 509 g/mol. The minimum atomic E-state index is -3.58. The van der Waals surface area contributed by atoms with Crippen molar-refractivity contribution in [3.8, 4) is 28.7 Å². The zero-order valence-corrected chi connectivity index (χ0v) is 21.8. The van der Waals surface area contributed by atoms with Crippen molar-refractivity contribution in [2.75, 3.05) is 54.0 Å². The molecule has 0 amide bonds. The summed E-state index contributed by atoms with van der Waals surface area (Å²) < 4.78 is 59.4. The molecule has 1 saturated heterocycles. The van der Waals surface area contributed by atoms with Crippen molar-refractivity contribution in [2.24, 2.45) is 5.73 Å². The summed E-state index contributed by atoms with van der Waals surface area (Å²) >= 11 is 0. The predicted octanol–water partition coefficient (Wildman–Crippen LogP) is 3.49. The van der Waals surface area contributed by atoms with Gasteiger partial charge in [-0.25, -0.2) is 8.42 Å². The van der Waals surface area contributed by atoms with E-state index in [1.165, 1.54) is 6.26 Å². The van der Waals surface area contributed by atoms with Crippen LogP contribution in [0, 0.1) is 0 Å². The Morgan fingerprint density at radius 1 is 0.914 bits per heavy atom. The van der Waals surface area contributed by atoms with Crippen molar-refractivity contribution in [1.29, 1.82) is 0 Å². The molecule has 1 aliphatic heterocycles. The first-order chi connectivity index (χ1) is 16.8. The van der Waals surface area contributed by atoms with Crippen LogP contribution in [0.3, 0.4) is 0 Å². The minimum Gasteiger partial charge on any atom is -0.493 e. The van der Waals surface area contributed by atoms with E-state index in [9.17, 15) is 8.42 Å². The maximum Gasteiger partial charge on any atom is 0.203 e. The van der Waals surface area contributed by atoms with Crippen molar-refractivity contribution in [2.45, 2.75) is 36.7 Å². The fourth-order valence-corrected chi connectivity index (χ4v) is 4.96. The van der Waals surface area contributed by atoms with Gasteiger partial charge in [-0.05, 0) is 48.2 Å². The molecule has 1 fully saturated rings. The summed E-state index contributed by atoms with van der Waals surface area (Å²) in [6.07, 6.45) is 2.29. The fourth-order valence-electron chi connectivity index (χ4n) is 4.11. The van der Waals surface area contributed by atoms with Crippen LogP contribution in [0.4, 0.5) is 0 Å². The van der Waals surface area contributed by atoms with Crippen LogP contribution in [0.2, 0.25) is 0 Å². The van der Waals surface area contributed by atoms with Gasteiger partial charge in [0.1, 0.15) is 11.5 Å². The van der Waals surface area contributed by atoms with Gasteiger partial charge < -0.3 is 34.2 Å². The summed E-state index contributed by atoms with van der Waals surface area (Å²) in [6, 6.07) is 7.24. The molecular weight excluding hydrogens is 474 g/mol. The smallest absolute Gasteiger partial charge is 0.203 e. The first kappa shape index (κ1) is 26.9. The normalized spacial score (nSPS) is 17.8. The highest BCUT2D eigenvalue weighted by molar-refractivity contribution is 7.90. The molecule has 2 N–H and O–H groups in total. The molecular formula is C25H35NO8S. The maximum atomic E-state index is 12.7. The van der Waals surface area contributed by atoms with Crippen molar-refractivity contribution in [3.63, 3.8) is 0 Å². The van der Waals surface area contributed by atoms with E-state index in [0.717, 1.165) is 17.5 Å². The van der Waals surface area contributed by atoms with Gasteiger partial charge in [0.05, 0.1) is 40.6 Å². The van der Waals surface area contributed by atoms with Crippen LogP contribution in [-0.4, -0.2) is 62.4 Å². The van der Waals surface area contributed by atoms with Gasteiger partial charge in [0.15, 0.2) is 32.8 Å². The number of hydrogen-bond donors (Lipinski definition) is 1. The zero-order valence-electron chi connectivity index (χ0n) is 21.0. The second-order valence-electron chi connectivity index (χ2n) is 8.32. The largest absolute Gasteiger partial charge is 0.493 e. The number of benzene rings is 2. The summed E-state index contributed by atoms with van der Waals surface area (Å²) in [6.45, 7) is 3.27. The molecule has 0 saturated carbocycles. The molecule has 2 unspecified atom stereocenters. The van der Waals surface area contributed by atoms with Crippen LogP contribution < -0.4 is 29.4 Å².